The maximum Gasteiger partial charge on any atom is 3.00 e. The van der Waals surface area contributed by atoms with Gasteiger partial charge in [-0.3, -0.25) is 38.7 Å². The van der Waals surface area contributed by atoms with Crippen LogP contribution in [0.2, 0.25) is 0 Å². The van der Waals surface area contributed by atoms with Crippen LogP contribution in [0.25, 0.3) is 0 Å². The Labute approximate surface area is 249 Å². The number of carbonyl (C=O) groups is 5. The Morgan fingerprint density at radius 1 is 0.711 bits per heavy atom. The van der Waals surface area contributed by atoms with Crippen LogP contribution in [0.5, 0.6) is 5.75 Å². The Hall–Kier alpha value is -2.48. The molecule has 0 aliphatic rings. The van der Waals surface area contributed by atoms with Crippen LogP contribution < -0.4 is 4.74 Å². The average molecular weight is 690 g/mol. The Morgan fingerprint density at radius 3 is 1.55 bits per heavy atom. The normalized spacial score (nSPS) is 11.7. The van der Waals surface area contributed by atoms with Crippen molar-refractivity contribution in [2.45, 2.75) is 19.4 Å². The molecule has 0 heterocycles. The van der Waals surface area contributed by atoms with E-state index < -0.39 is 68.6 Å². The smallest absolute Gasteiger partial charge is 0.494 e. The quantitative estimate of drug-likeness (QED) is 0.115. The number of aliphatic carboxylic acids is 5. The van der Waals surface area contributed by atoms with Gasteiger partial charge in [0, 0.05) is 25.7 Å². The SMILES string of the molecule is CCOc1ccc(C[C@@H](CN(CCN(CC(=O)O)CC(=O)O)CC(=O)O)N(CC(=O)O)CC(=O)O)cc1.[Dy+3]. The summed E-state index contributed by atoms with van der Waals surface area (Å²) in [5.74, 6) is -5.65. The molecule has 0 fully saturated rings. The van der Waals surface area contributed by atoms with Gasteiger partial charge in [-0.25, -0.2) is 0 Å². The van der Waals surface area contributed by atoms with Crippen LogP contribution >= 0.6 is 0 Å². The Kier molecular flexibility index (Phi) is 17.5. The van der Waals surface area contributed by atoms with Crippen LogP contribution in [0.15, 0.2) is 24.3 Å². The summed E-state index contributed by atoms with van der Waals surface area (Å²) in [6, 6.07) is 6.14. The first-order valence-corrected chi connectivity index (χ1v) is 11.4. The minimum atomic E-state index is -1.27. The second-order valence-electron chi connectivity index (χ2n) is 8.25. The van der Waals surface area contributed by atoms with Gasteiger partial charge in [-0.05, 0) is 31.0 Å². The second kappa shape index (κ2) is 18.7. The van der Waals surface area contributed by atoms with Crippen molar-refractivity contribution in [2.24, 2.45) is 0 Å². The summed E-state index contributed by atoms with van der Waals surface area (Å²) in [7, 11) is 0. The zero-order chi connectivity index (χ0) is 28.0. The van der Waals surface area contributed by atoms with Crippen molar-refractivity contribution in [1.29, 1.82) is 0 Å². The van der Waals surface area contributed by atoms with Crippen molar-refractivity contribution in [1.82, 2.24) is 14.7 Å². The number of ether oxygens (including phenoxy) is 1. The van der Waals surface area contributed by atoms with E-state index in [9.17, 15) is 39.3 Å². The topological polar surface area (TPSA) is 205 Å². The van der Waals surface area contributed by atoms with Gasteiger partial charge in [0.1, 0.15) is 5.75 Å². The molecule has 0 aliphatic carbocycles. The third kappa shape index (κ3) is 15.7. The monoisotopic (exact) mass is 691 g/mol. The van der Waals surface area contributed by atoms with E-state index in [1.165, 1.54) is 9.80 Å². The van der Waals surface area contributed by atoms with Crippen LogP contribution in [0.3, 0.4) is 0 Å². The summed E-state index contributed by atoms with van der Waals surface area (Å²) in [6.07, 6.45) is 0.178. The predicted molar refractivity (Wildman–Crippen MR) is 128 cm³/mol. The van der Waals surface area contributed by atoms with E-state index in [-0.39, 0.29) is 64.2 Å². The molecule has 14 nitrogen and oxygen atoms in total. The molecule has 15 heteroatoms. The molecule has 1 rings (SSSR count). The minimum Gasteiger partial charge on any atom is -0.494 e. The molecule has 1 radical (unpaired) electrons. The van der Waals surface area contributed by atoms with E-state index in [1.807, 2.05) is 6.92 Å². The summed E-state index contributed by atoms with van der Waals surface area (Å²) in [5, 5.41) is 46.2. The molecule has 1 aromatic carbocycles. The number of benzene rings is 1. The van der Waals surface area contributed by atoms with Crippen molar-refractivity contribution >= 4 is 29.8 Å². The van der Waals surface area contributed by atoms with E-state index in [0.717, 1.165) is 10.5 Å². The van der Waals surface area contributed by atoms with E-state index in [0.29, 0.717) is 12.4 Å². The molecule has 0 bridgehead atoms. The summed E-state index contributed by atoms with van der Waals surface area (Å²) in [5.41, 5.74) is 0.725. The van der Waals surface area contributed by atoms with Crippen LogP contribution in [0, 0.1) is 38.2 Å². The third-order valence-corrected chi connectivity index (χ3v) is 5.18. The fraction of sp³-hybridized carbons (Fsp3) is 0.522. The van der Waals surface area contributed by atoms with Gasteiger partial charge in [-0.1, -0.05) is 12.1 Å². The Bertz CT molecular complexity index is 898. The number of rotatable bonds is 20. The first-order chi connectivity index (χ1) is 17.4. The fourth-order valence-corrected chi connectivity index (χ4v) is 3.73. The van der Waals surface area contributed by atoms with Gasteiger partial charge in [0.25, 0.3) is 0 Å². The number of nitrogens with zero attached hydrogens (tertiary/aromatic N) is 3. The number of hydrogen-bond acceptors (Lipinski definition) is 9. The van der Waals surface area contributed by atoms with E-state index in [2.05, 4.69) is 0 Å². The maximum atomic E-state index is 11.5. The van der Waals surface area contributed by atoms with Crippen LogP contribution in [-0.4, -0.2) is 135 Å². The van der Waals surface area contributed by atoms with Crippen molar-refractivity contribution in [3.8, 4) is 5.75 Å². The zero-order valence-electron chi connectivity index (χ0n) is 20.8. The van der Waals surface area contributed by atoms with Crippen molar-refractivity contribution < 1.29 is 92.4 Å². The molecular formula is C23H33DyN3O11+3. The number of hydrogen-bond donors (Lipinski definition) is 5. The largest absolute Gasteiger partial charge is 3.00 e. The number of carboxylic acid groups (broad SMARTS) is 5. The zero-order valence-corrected chi connectivity index (χ0v) is 22.8. The van der Waals surface area contributed by atoms with Crippen molar-refractivity contribution in [3.05, 3.63) is 29.8 Å². The predicted octanol–water partition coefficient (Wildman–Crippen LogP) is -0.675. The van der Waals surface area contributed by atoms with Crippen LogP contribution in [-0.2, 0) is 30.4 Å². The van der Waals surface area contributed by atoms with Crippen LogP contribution in [0.4, 0.5) is 0 Å². The van der Waals surface area contributed by atoms with Gasteiger partial charge in [-0.15, -0.1) is 0 Å². The Balaban J connectivity index is 0.0000137. The molecule has 0 saturated heterocycles. The molecule has 0 aliphatic heterocycles. The van der Waals surface area contributed by atoms with Gasteiger partial charge in [0.2, 0.25) is 0 Å². The van der Waals surface area contributed by atoms with Gasteiger partial charge < -0.3 is 30.3 Å². The molecule has 5 N–H and O–H groups in total. The molecule has 1 atom stereocenters. The summed E-state index contributed by atoms with van der Waals surface area (Å²) >= 11 is 0. The van der Waals surface area contributed by atoms with E-state index in [1.54, 1.807) is 24.3 Å². The van der Waals surface area contributed by atoms with Gasteiger partial charge in [0.15, 0.2) is 0 Å². The minimum absolute atomic E-state index is 0. The second-order valence-corrected chi connectivity index (χ2v) is 8.25. The average Bonchev–Trinajstić information content (AvgIpc) is 2.76. The van der Waals surface area contributed by atoms with Crippen LogP contribution in [0.1, 0.15) is 12.5 Å². The van der Waals surface area contributed by atoms with E-state index in [4.69, 9.17) is 14.9 Å². The third-order valence-electron chi connectivity index (χ3n) is 5.18. The molecule has 0 saturated carbocycles. The fourth-order valence-electron chi connectivity index (χ4n) is 3.73. The molecule has 213 valence electrons. The standard InChI is InChI=1S/C23H33N3O11.Dy/c1-2-37-18-5-3-16(4-6-18)9-17(26(14-22(33)34)15-23(35)36)10-24(11-19(27)28)7-8-25(12-20(29)30)13-21(31)32;/h3-6,17H,2,7-15H2,1H3,(H,27,28)(H,29,30)(H,31,32)(H,33,34)(H,35,36);/q;+3/t17-;/m0./s1. The summed E-state index contributed by atoms with van der Waals surface area (Å²) in [6.45, 7) is -0.837. The molecular weight excluding hydrogens is 657 g/mol. The first kappa shape index (κ1) is 35.5. The molecule has 0 unspecified atom stereocenters. The van der Waals surface area contributed by atoms with E-state index >= 15 is 0 Å². The molecule has 1 aromatic rings. The van der Waals surface area contributed by atoms with Gasteiger partial charge in [0.05, 0.1) is 39.3 Å². The molecule has 0 spiro atoms. The molecule has 38 heavy (non-hydrogen) atoms. The molecule has 0 aromatic heterocycles. The maximum absolute atomic E-state index is 11.5. The first-order valence-electron chi connectivity index (χ1n) is 11.4. The Morgan fingerprint density at radius 2 is 1.13 bits per heavy atom. The van der Waals surface area contributed by atoms with Gasteiger partial charge in [-0.2, -0.15) is 0 Å². The van der Waals surface area contributed by atoms with Crippen molar-refractivity contribution in [2.75, 3.05) is 59.0 Å². The number of carboxylic acids is 5. The molecule has 0 amide bonds. The van der Waals surface area contributed by atoms with Gasteiger partial charge >= 0.3 is 68.0 Å². The summed E-state index contributed by atoms with van der Waals surface area (Å²) < 4.78 is 5.41. The van der Waals surface area contributed by atoms with Crippen molar-refractivity contribution in [3.63, 3.8) is 0 Å². The summed E-state index contributed by atoms with van der Waals surface area (Å²) in [4.78, 5) is 60.4.